The smallest absolute Gasteiger partial charge is 0.259 e. The molecule has 0 fully saturated rings. The number of amides is 3. The Morgan fingerprint density at radius 2 is 1.81 bits per heavy atom. The number of benzene rings is 3. The molecule has 4 rings (SSSR count). The molecule has 0 spiro atoms. The van der Waals surface area contributed by atoms with Crippen molar-refractivity contribution >= 4 is 50.1 Å². The largest absolute Gasteiger partial charge is 0.355 e. The highest BCUT2D eigenvalue weighted by Gasteiger charge is 2.34. The first-order chi connectivity index (χ1) is 15.4. The van der Waals surface area contributed by atoms with Crippen LogP contribution >= 0.6 is 15.9 Å². The van der Waals surface area contributed by atoms with Crippen LogP contribution in [0.25, 0.3) is 10.8 Å². The van der Waals surface area contributed by atoms with Gasteiger partial charge in [-0.05, 0) is 49.1 Å². The number of likely N-dealkylation sites (N-methyl/N-ethyl adjacent to an activating group) is 1. The number of carbonyl (C=O) groups excluding carboxylic acids is 3. The van der Waals surface area contributed by atoms with Gasteiger partial charge in [0.05, 0.1) is 5.69 Å². The average Bonchev–Trinajstić information content (AvgIpc) is 3.05. The maximum absolute atomic E-state index is 13.5. The number of rotatable bonds is 7. The first kappa shape index (κ1) is 22.0. The van der Waals surface area contributed by atoms with E-state index in [2.05, 4.69) is 21.2 Å². The Kier molecular flexibility index (Phi) is 6.28. The van der Waals surface area contributed by atoms with Crippen molar-refractivity contribution in [1.29, 1.82) is 0 Å². The number of anilines is 1. The minimum absolute atomic E-state index is 0.135. The lowest BCUT2D eigenvalue weighted by Gasteiger charge is -2.30. The zero-order chi connectivity index (χ0) is 22.8. The molecule has 1 atom stereocenters. The minimum Gasteiger partial charge on any atom is -0.355 e. The summed E-state index contributed by atoms with van der Waals surface area (Å²) in [7, 11) is 0. The zero-order valence-electron chi connectivity index (χ0n) is 18.0. The Balaban J connectivity index is 1.63. The molecule has 164 valence electrons. The van der Waals surface area contributed by atoms with E-state index in [1.54, 1.807) is 13.0 Å². The Morgan fingerprint density at radius 3 is 2.53 bits per heavy atom. The van der Waals surface area contributed by atoms with Crippen molar-refractivity contribution in [3.05, 3.63) is 76.3 Å². The highest BCUT2D eigenvalue weighted by Crippen LogP contribution is 2.37. The fourth-order valence-corrected chi connectivity index (χ4v) is 4.55. The van der Waals surface area contributed by atoms with Crippen molar-refractivity contribution in [3.63, 3.8) is 0 Å². The summed E-state index contributed by atoms with van der Waals surface area (Å²) in [5.74, 6) is -0.714. The van der Waals surface area contributed by atoms with E-state index in [9.17, 15) is 14.4 Å². The van der Waals surface area contributed by atoms with Gasteiger partial charge in [0, 0.05) is 28.5 Å². The molecular formula is C25H24BrN3O3. The van der Waals surface area contributed by atoms with Crippen LogP contribution < -0.4 is 10.2 Å². The van der Waals surface area contributed by atoms with E-state index in [4.69, 9.17) is 0 Å². The van der Waals surface area contributed by atoms with Crippen LogP contribution in [-0.4, -0.2) is 41.8 Å². The molecule has 1 aliphatic heterocycles. The van der Waals surface area contributed by atoms with Crippen molar-refractivity contribution in [3.8, 4) is 0 Å². The molecule has 1 aliphatic rings. The summed E-state index contributed by atoms with van der Waals surface area (Å²) in [4.78, 5) is 42.2. The highest BCUT2D eigenvalue weighted by molar-refractivity contribution is 9.10. The van der Waals surface area contributed by atoms with Gasteiger partial charge in [-0.2, -0.15) is 0 Å². The van der Waals surface area contributed by atoms with Crippen LogP contribution in [0.4, 0.5) is 5.69 Å². The molecule has 0 bridgehead atoms. The van der Waals surface area contributed by atoms with Gasteiger partial charge in [0.25, 0.3) is 5.91 Å². The quantitative estimate of drug-likeness (QED) is 0.538. The molecule has 3 aromatic carbocycles. The van der Waals surface area contributed by atoms with Crippen molar-refractivity contribution in [2.24, 2.45) is 0 Å². The third kappa shape index (κ3) is 4.12. The Labute approximate surface area is 195 Å². The molecule has 6 nitrogen and oxygen atoms in total. The van der Waals surface area contributed by atoms with E-state index >= 15 is 0 Å². The second-order valence-corrected chi connectivity index (χ2v) is 8.71. The molecule has 0 saturated heterocycles. The summed E-state index contributed by atoms with van der Waals surface area (Å²) in [6.45, 7) is 4.15. The van der Waals surface area contributed by atoms with Crippen LogP contribution in [0.2, 0.25) is 0 Å². The lowest BCUT2D eigenvalue weighted by atomic mass is 10.1. The third-order valence-corrected chi connectivity index (χ3v) is 6.20. The molecule has 3 amide bonds. The van der Waals surface area contributed by atoms with Gasteiger partial charge in [-0.3, -0.25) is 19.3 Å². The molecule has 32 heavy (non-hydrogen) atoms. The molecule has 1 unspecified atom stereocenters. The third-order valence-electron chi connectivity index (χ3n) is 5.70. The fraction of sp³-hybridized carbons (Fsp3) is 0.240. The maximum atomic E-state index is 13.5. The monoisotopic (exact) mass is 493 g/mol. The van der Waals surface area contributed by atoms with Gasteiger partial charge < -0.3 is 10.2 Å². The lowest BCUT2D eigenvalue weighted by molar-refractivity contribution is -0.139. The van der Waals surface area contributed by atoms with Gasteiger partial charge in [0.2, 0.25) is 11.8 Å². The van der Waals surface area contributed by atoms with Crippen molar-refractivity contribution in [2.45, 2.75) is 26.4 Å². The molecule has 0 aromatic heterocycles. The normalized spacial score (nSPS) is 13.3. The van der Waals surface area contributed by atoms with Gasteiger partial charge in [-0.25, -0.2) is 0 Å². The van der Waals surface area contributed by atoms with Crippen molar-refractivity contribution in [1.82, 2.24) is 10.2 Å². The van der Waals surface area contributed by atoms with Crippen LogP contribution in [0.1, 0.15) is 29.8 Å². The first-order valence-electron chi connectivity index (χ1n) is 10.6. The summed E-state index contributed by atoms with van der Waals surface area (Å²) in [6.07, 6.45) is 0. The average molecular weight is 494 g/mol. The molecule has 7 heteroatoms. The van der Waals surface area contributed by atoms with Gasteiger partial charge in [0.15, 0.2) is 0 Å². The predicted molar refractivity (Wildman–Crippen MR) is 128 cm³/mol. The van der Waals surface area contributed by atoms with Gasteiger partial charge in [0.1, 0.15) is 12.6 Å². The second-order valence-electron chi connectivity index (χ2n) is 7.79. The number of hydrogen-bond donors (Lipinski definition) is 1. The van der Waals surface area contributed by atoms with E-state index in [1.165, 1.54) is 9.80 Å². The summed E-state index contributed by atoms with van der Waals surface area (Å²) in [5.41, 5.74) is 2.22. The molecule has 0 radical (unpaired) electrons. The van der Waals surface area contributed by atoms with Gasteiger partial charge in [-0.1, -0.05) is 52.3 Å². The van der Waals surface area contributed by atoms with Crippen LogP contribution in [0.15, 0.2) is 65.1 Å². The lowest BCUT2D eigenvalue weighted by Crippen LogP contribution is -2.50. The number of carbonyl (C=O) groups is 3. The SMILES string of the molecule is CCNC(=O)C(C)N(Cc1cccc(Br)c1)C(=O)CN1C(=O)c2cccc3cccc1c23. The zero-order valence-corrected chi connectivity index (χ0v) is 19.6. The maximum Gasteiger partial charge on any atom is 0.259 e. The van der Waals surface area contributed by atoms with Crippen LogP contribution in [0.3, 0.4) is 0 Å². The number of hydrogen-bond acceptors (Lipinski definition) is 3. The van der Waals surface area contributed by atoms with E-state index in [-0.39, 0.29) is 30.8 Å². The number of nitrogens with one attached hydrogen (secondary N) is 1. The van der Waals surface area contributed by atoms with Gasteiger partial charge >= 0.3 is 0 Å². The summed E-state index contributed by atoms with van der Waals surface area (Å²) >= 11 is 3.46. The summed E-state index contributed by atoms with van der Waals surface area (Å²) in [5, 5.41) is 4.61. The minimum atomic E-state index is -0.683. The molecule has 0 saturated carbocycles. The molecule has 0 aliphatic carbocycles. The number of halogens is 1. The molecular weight excluding hydrogens is 470 g/mol. The van der Waals surface area contributed by atoms with E-state index in [0.29, 0.717) is 12.1 Å². The first-order valence-corrected chi connectivity index (χ1v) is 11.3. The van der Waals surface area contributed by atoms with Crippen LogP contribution in [-0.2, 0) is 16.1 Å². The van der Waals surface area contributed by atoms with Crippen molar-refractivity contribution in [2.75, 3.05) is 18.0 Å². The standard InChI is InChI=1S/C25H24BrN3O3/c1-3-27-24(31)16(2)28(14-17-7-4-10-19(26)13-17)22(30)15-29-21-12-6-9-18-8-5-11-20(23(18)21)25(29)32/h4-13,16H,3,14-15H2,1-2H3,(H,27,31). The fourth-order valence-electron chi connectivity index (χ4n) is 4.10. The van der Waals surface area contributed by atoms with Crippen molar-refractivity contribution < 1.29 is 14.4 Å². The Hall–Kier alpha value is -3.19. The van der Waals surface area contributed by atoms with Crippen LogP contribution in [0.5, 0.6) is 0 Å². The van der Waals surface area contributed by atoms with E-state index < -0.39 is 6.04 Å². The summed E-state index contributed by atoms with van der Waals surface area (Å²) < 4.78 is 0.893. The van der Waals surface area contributed by atoms with E-state index in [0.717, 1.165) is 26.5 Å². The molecule has 1 N–H and O–H groups in total. The van der Waals surface area contributed by atoms with E-state index in [1.807, 2.05) is 61.5 Å². The topological polar surface area (TPSA) is 69.7 Å². The molecule has 3 aromatic rings. The van der Waals surface area contributed by atoms with Gasteiger partial charge in [-0.15, -0.1) is 0 Å². The highest BCUT2D eigenvalue weighted by atomic mass is 79.9. The Morgan fingerprint density at radius 1 is 1.09 bits per heavy atom. The molecule has 1 heterocycles. The number of nitrogens with zero attached hydrogens (tertiary/aromatic N) is 2. The Bertz CT molecular complexity index is 1200. The summed E-state index contributed by atoms with van der Waals surface area (Å²) in [6, 6.07) is 18.2. The predicted octanol–water partition coefficient (Wildman–Crippen LogP) is 4.12. The van der Waals surface area contributed by atoms with Crippen LogP contribution in [0, 0.1) is 0 Å². The second kappa shape index (κ2) is 9.12.